The first-order valence-corrected chi connectivity index (χ1v) is 8.28. The van der Waals surface area contributed by atoms with Crippen molar-refractivity contribution in [2.45, 2.75) is 18.1 Å². The number of nitrogens with zero attached hydrogens (tertiary/aromatic N) is 2. The zero-order chi connectivity index (χ0) is 17.7. The SMILES string of the molecule is CN(Cc1ccc(C#N)cc1)S(=O)(=O)c1ccccc1OC(F)F. The van der Waals surface area contributed by atoms with Crippen molar-refractivity contribution < 1.29 is 21.9 Å². The van der Waals surface area contributed by atoms with E-state index in [1.54, 1.807) is 24.3 Å². The smallest absolute Gasteiger partial charge is 0.387 e. The van der Waals surface area contributed by atoms with E-state index in [0.717, 1.165) is 4.31 Å². The minimum atomic E-state index is -4.02. The van der Waals surface area contributed by atoms with Crippen molar-refractivity contribution in [3.63, 3.8) is 0 Å². The number of ether oxygens (including phenoxy) is 1. The molecular formula is C16H14F2N2O3S. The maximum atomic E-state index is 12.6. The molecule has 0 aliphatic carbocycles. The van der Waals surface area contributed by atoms with Crippen molar-refractivity contribution in [2.24, 2.45) is 0 Å². The Labute approximate surface area is 138 Å². The molecule has 0 saturated carbocycles. The van der Waals surface area contributed by atoms with Crippen molar-refractivity contribution in [2.75, 3.05) is 7.05 Å². The summed E-state index contributed by atoms with van der Waals surface area (Å²) in [4.78, 5) is -0.332. The highest BCUT2D eigenvalue weighted by molar-refractivity contribution is 7.89. The first kappa shape index (κ1) is 17.8. The van der Waals surface area contributed by atoms with Gasteiger partial charge in [-0.15, -0.1) is 0 Å². The molecule has 2 rings (SSSR count). The molecule has 24 heavy (non-hydrogen) atoms. The van der Waals surface area contributed by atoms with Gasteiger partial charge in [-0.1, -0.05) is 24.3 Å². The molecule has 0 aliphatic heterocycles. The molecule has 0 unspecified atom stereocenters. The maximum Gasteiger partial charge on any atom is 0.387 e. The van der Waals surface area contributed by atoms with Gasteiger partial charge in [0.2, 0.25) is 10.0 Å². The molecule has 0 bridgehead atoms. The molecular weight excluding hydrogens is 338 g/mol. The first-order valence-electron chi connectivity index (χ1n) is 6.84. The fraction of sp³-hybridized carbons (Fsp3) is 0.188. The van der Waals surface area contributed by atoms with Crippen LogP contribution in [0.5, 0.6) is 5.75 Å². The zero-order valence-electron chi connectivity index (χ0n) is 12.7. The minimum absolute atomic E-state index is 0.0249. The molecule has 0 spiro atoms. The minimum Gasteiger partial charge on any atom is -0.433 e. The number of sulfonamides is 1. The predicted molar refractivity (Wildman–Crippen MR) is 82.9 cm³/mol. The second-order valence-corrected chi connectivity index (χ2v) is 6.91. The molecule has 0 N–H and O–H groups in total. The third-order valence-corrected chi connectivity index (χ3v) is 5.08. The lowest BCUT2D eigenvalue weighted by Gasteiger charge is -2.19. The summed E-state index contributed by atoms with van der Waals surface area (Å²) in [6, 6.07) is 13.6. The third kappa shape index (κ3) is 4.07. The number of para-hydroxylation sites is 1. The van der Waals surface area contributed by atoms with E-state index < -0.39 is 22.4 Å². The Bertz CT molecular complexity index is 846. The topological polar surface area (TPSA) is 70.4 Å². The standard InChI is InChI=1S/C16H14F2N2O3S/c1-20(11-13-8-6-12(10-19)7-9-13)24(21,22)15-5-3-2-4-14(15)23-16(17)18/h2-9,16H,11H2,1H3. The predicted octanol–water partition coefficient (Wildman–Crippen LogP) is 2.98. The lowest BCUT2D eigenvalue weighted by molar-refractivity contribution is -0.0517. The summed E-state index contributed by atoms with van der Waals surface area (Å²) in [6.45, 7) is -3.10. The van der Waals surface area contributed by atoms with E-state index >= 15 is 0 Å². The zero-order valence-corrected chi connectivity index (χ0v) is 13.5. The van der Waals surface area contributed by atoms with Gasteiger partial charge in [0, 0.05) is 13.6 Å². The number of benzene rings is 2. The Morgan fingerprint density at radius 2 is 1.79 bits per heavy atom. The average Bonchev–Trinajstić information content (AvgIpc) is 2.55. The van der Waals surface area contributed by atoms with Crippen LogP contribution >= 0.6 is 0 Å². The van der Waals surface area contributed by atoms with Crippen LogP contribution in [0.3, 0.4) is 0 Å². The molecule has 0 amide bonds. The van der Waals surface area contributed by atoms with Crippen LogP contribution in [0.25, 0.3) is 0 Å². The largest absolute Gasteiger partial charge is 0.433 e. The van der Waals surface area contributed by atoms with Gasteiger partial charge in [0.15, 0.2) is 0 Å². The number of alkyl halides is 2. The fourth-order valence-corrected chi connectivity index (χ4v) is 3.33. The molecule has 2 aromatic carbocycles. The highest BCUT2D eigenvalue weighted by atomic mass is 32.2. The van der Waals surface area contributed by atoms with E-state index in [2.05, 4.69) is 4.74 Å². The summed E-state index contributed by atoms with van der Waals surface area (Å²) >= 11 is 0. The second kappa shape index (κ2) is 7.38. The van der Waals surface area contributed by atoms with Crippen LogP contribution < -0.4 is 4.74 Å². The quantitative estimate of drug-likeness (QED) is 0.801. The van der Waals surface area contributed by atoms with Crippen LogP contribution in [0, 0.1) is 11.3 Å². The normalized spacial score (nSPS) is 11.5. The van der Waals surface area contributed by atoms with Gasteiger partial charge in [-0.05, 0) is 29.8 Å². The van der Waals surface area contributed by atoms with Crippen molar-refractivity contribution in [1.29, 1.82) is 5.26 Å². The lowest BCUT2D eigenvalue weighted by atomic mass is 10.1. The number of rotatable bonds is 6. The van der Waals surface area contributed by atoms with E-state index in [-0.39, 0.29) is 11.4 Å². The van der Waals surface area contributed by atoms with E-state index in [4.69, 9.17) is 5.26 Å². The molecule has 0 radical (unpaired) electrons. The van der Waals surface area contributed by atoms with Crippen molar-refractivity contribution in [3.8, 4) is 11.8 Å². The van der Waals surface area contributed by atoms with Crippen molar-refractivity contribution in [1.82, 2.24) is 4.31 Å². The van der Waals surface area contributed by atoms with E-state index in [1.165, 1.54) is 31.3 Å². The van der Waals surface area contributed by atoms with Crippen LogP contribution in [-0.2, 0) is 16.6 Å². The molecule has 126 valence electrons. The van der Waals surface area contributed by atoms with Crippen LogP contribution in [0.1, 0.15) is 11.1 Å². The molecule has 0 aromatic heterocycles. The summed E-state index contributed by atoms with van der Waals surface area (Å²) in [6.07, 6.45) is 0. The monoisotopic (exact) mass is 352 g/mol. The summed E-state index contributed by atoms with van der Waals surface area (Å²) < 4.78 is 55.4. The first-order chi connectivity index (χ1) is 11.3. The van der Waals surface area contributed by atoms with Gasteiger partial charge >= 0.3 is 6.61 Å². The van der Waals surface area contributed by atoms with Gasteiger partial charge in [0.25, 0.3) is 0 Å². The molecule has 5 nitrogen and oxygen atoms in total. The number of halogens is 2. The fourth-order valence-electron chi connectivity index (χ4n) is 2.05. The van der Waals surface area contributed by atoms with Gasteiger partial charge in [-0.3, -0.25) is 0 Å². The van der Waals surface area contributed by atoms with Gasteiger partial charge in [-0.25, -0.2) is 8.42 Å². The Hall–Kier alpha value is -2.50. The Morgan fingerprint density at radius 3 is 2.38 bits per heavy atom. The van der Waals surface area contributed by atoms with E-state index in [9.17, 15) is 17.2 Å². The van der Waals surface area contributed by atoms with Crippen LogP contribution in [-0.4, -0.2) is 26.4 Å². The molecule has 0 heterocycles. The maximum absolute atomic E-state index is 12.6. The number of hydrogen-bond donors (Lipinski definition) is 0. The summed E-state index contributed by atoms with van der Waals surface area (Å²) in [5.41, 5.74) is 1.12. The van der Waals surface area contributed by atoms with Gasteiger partial charge in [0.1, 0.15) is 10.6 Å². The summed E-state index contributed by atoms with van der Waals surface area (Å²) in [7, 11) is -2.68. The van der Waals surface area contributed by atoms with Gasteiger partial charge in [0.05, 0.1) is 11.6 Å². The molecule has 8 heteroatoms. The summed E-state index contributed by atoms with van der Waals surface area (Å²) in [5.74, 6) is -0.404. The number of hydrogen-bond acceptors (Lipinski definition) is 4. The van der Waals surface area contributed by atoms with Crippen LogP contribution in [0.2, 0.25) is 0 Å². The molecule has 0 aliphatic rings. The summed E-state index contributed by atoms with van der Waals surface area (Å²) in [5, 5.41) is 8.76. The molecule has 0 atom stereocenters. The van der Waals surface area contributed by atoms with Gasteiger partial charge in [-0.2, -0.15) is 18.3 Å². The van der Waals surface area contributed by atoms with Crippen LogP contribution in [0.15, 0.2) is 53.4 Å². The Kier molecular flexibility index (Phi) is 5.49. The number of nitriles is 1. The Balaban J connectivity index is 2.27. The van der Waals surface area contributed by atoms with Gasteiger partial charge < -0.3 is 4.74 Å². The second-order valence-electron chi connectivity index (χ2n) is 4.90. The van der Waals surface area contributed by atoms with E-state index in [1.807, 2.05) is 6.07 Å². The molecule has 0 fully saturated rings. The highest BCUT2D eigenvalue weighted by Gasteiger charge is 2.25. The highest BCUT2D eigenvalue weighted by Crippen LogP contribution is 2.28. The lowest BCUT2D eigenvalue weighted by Crippen LogP contribution is -2.27. The molecule has 0 saturated heterocycles. The van der Waals surface area contributed by atoms with E-state index in [0.29, 0.717) is 11.1 Å². The third-order valence-electron chi connectivity index (χ3n) is 3.24. The van der Waals surface area contributed by atoms with Crippen molar-refractivity contribution in [3.05, 3.63) is 59.7 Å². The molecule has 2 aromatic rings. The van der Waals surface area contributed by atoms with Crippen molar-refractivity contribution >= 4 is 10.0 Å². The Morgan fingerprint density at radius 1 is 1.17 bits per heavy atom. The van der Waals surface area contributed by atoms with Crippen LogP contribution in [0.4, 0.5) is 8.78 Å². The average molecular weight is 352 g/mol.